The Morgan fingerprint density at radius 2 is 1.14 bits per heavy atom. The molecular formula is C14H28O7. The number of ether oxygens (including phenoxy) is 1. The zero-order chi connectivity index (χ0) is 17.3. The lowest BCUT2D eigenvalue weighted by Gasteiger charge is -2.18. The molecule has 0 aromatic heterocycles. The van der Waals surface area contributed by atoms with Crippen LogP contribution in [-0.4, -0.2) is 63.7 Å². The molecule has 0 aliphatic carbocycles. The molecule has 7 heteroatoms. The number of methoxy groups -OCH3 is 1. The molecule has 7 nitrogen and oxygen atoms in total. The van der Waals surface area contributed by atoms with Crippen LogP contribution >= 0.6 is 0 Å². The lowest BCUT2D eigenvalue weighted by molar-refractivity contribution is -0.158. The Morgan fingerprint density at radius 3 is 1.33 bits per heavy atom. The van der Waals surface area contributed by atoms with Crippen LogP contribution in [0.15, 0.2) is 0 Å². The molecule has 0 amide bonds. The van der Waals surface area contributed by atoms with Crippen molar-refractivity contribution in [2.24, 2.45) is 11.8 Å². The fourth-order valence-electron chi connectivity index (χ4n) is 1.23. The number of ketones is 1. The molecule has 21 heavy (non-hydrogen) atoms. The number of carbonyl (C=O) groups is 2. The molecule has 0 fully saturated rings. The highest BCUT2D eigenvalue weighted by Crippen LogP contribution is 2.07. The summed E-state index contributed by atoms with van der Waals surface area (Å²) in [6.07, 6.45) is -4.64. The normalized spacial score (nSPS) is 16.6. The van der Waals surface area contributed by atoms with E-state index in [1.165, 1.54) is 14.0 Å². The largest absolute Gasteiger partial charge is 0.467 e. The average molecular weight is 308 g/mol. The molecule has 0 aliphatic rings. The van der Waals surface area contributed by atoms with Crippen molar-refractivity contribution in [3.63, 3.8) is 0 Å². The maximum absolute atomic E-state index is 10.6. The Bertz CT molecular complexity index is 314. The summed E-state index contributed by atoms with van der Waals surface area (Å²) in [6, 6.07) is 0. The van der Waals surface area contributed by atoms with Gasteiger partial charge >= 0.3 is 5.97 Å². The summed E-state index contributed by atoms with van der Waals surface area (Å²) in [4.78, 5) is 21.1. The smallest absolute Gasteiger partial charge is 0.337 e. The van der Waals surface area contributed by atoms with E-state index in [1.807, 2.05) is 0 Å². The number of esters is 1. The van der Waals surface area contributed by atoms with E-state index in [4.69, 9.17) is 20.4 Å². The zero-order valence-corrected chi connectivity index (χ0v) is 13.5. The summed E-state index contributed by atoms with van der Waals surface area (Å²) in [7, 11) is 1.17. The van der Waals surface area contributed by atoms with Crippen LogP contribution in [0, 0.1) is 11.8 Å². The second-order valence-corrected chi connectivity index (χ2v) is 5.49. The summed E-state index contributed by atoms with van der Waals surface area (Å²) in [6.45, 7) is 8.16. The maximum atomic E-state index is 10.6. The van der Waals surface area contributed by atoms with Gasteiger partial charge in [-0.1, -0.05) is 27.7 Å². The maximum Gasteiger partial charge on any atom is 0.337 e. The Morgan fingerprint density at radius 1 is 0.810 bits per heavy atom. The fourth-order valence-corrected chi connectivity index (χ4v) is 1.23. The van der Waals surface area contributed by atoms with Gasteiger partial charge in [0.1, 0.15) is 6.10 Å². The van der Waals surface area contributed by atoms with Crippen LogP contribution in [0.3, 0.4) is 0 Å². The van der Waals surface area contributed by atoms with E-state index >= 15 is 0 Å². The van der Waals surface area contributed by atoms with Crippen LogP contribution in [0.1, 0.15) is 34.6 Å². The van der Waals surface area contributed by atoms with Gasteiger partial charge in [-0.15, -0.1) is 0 Å². The van der Waals surface area contributed by atoms with Gasteiger partial charge in [-0.25, -0.2) is 4.79 Å². The summed E-state index contributed by atoms with van der Waals surface area (Å²) in [5.41, 5.74) is 0. The third kappa shape index (κ3) is 8.77. The number of Topliss-reactive ketones (excluding diaryl/α,β-unsaturated/α-hetero) is 1. The first-order chi connectivity index (χ1) is 9.47. The molecule has 0 aliphatic heterocycles. The van der Waals surface area contributed by atoms with Crippen molar-refractivity contribution in [2.75, 3.05) is 7.11 Å². The summed E-state index contributed by atoms with van der Waals surface area (Å²) in [5, 5.41) is 36.2. The lowest BCUT2D eigenvalue weighted by atomic mass is 10.00. The SMILES string of the molecule is CC(=O)[C@H](O)[C@@H](O)C(C)C.COC(=O)[C@H](O)[C@@H](O)C(C)C. The molecular weight excluding hydrogens is 280 g/mol. The first-order valence-corrected chi connectivity index (χ1v) is 6.77. The first kappa shape index (κ1) is 22.3. The second kappa shape index (κ2) is 10.7. The van der Waals surface area contributed by atoms with E-state index in [0.717, 1.165) is 0 Å². The van der Waals surface area contributed by atoms with Crippen molar-refractivity contribution in [1.29, 1.82) is 0 Å². The molecule has 0 saturated heterocycles. The van der Waals surface area contributed by atoms with E-state index in [-0.39, 0.29) is 17.6 Å². The fraction of sp³-hybridized carbons (Fsp3) is 0.857. The molecule has 4 atom stereocenters. The van der Waals surface area contributed by atoms with Crippen LogP contribution in [0.4, 0.5) is 0 Å². The van der Waals surface area contributed by atoms with Crippen LogP contribution in [0.2, 0.25) is 0 Å². The molecule has 126 valence electrons. The highest BCUT2D eigenvalue weighted by Gasteiger charge is 2.27. The summed E-state index contributed by atoms with van der Waals surface area (Å²) in [5.74, 6) is -1.43. The topological polar surface area (TPSA) is 124 Å². The van der Waals surface area contributed by atoms with E-state index in [0.29, 0.717) is 0 Å². The highest BCUT2D eigenvalue weighted by atomic mass is 16.5. The van der Waals surface area contributed by atoms with E-state index in [9.17, 15) is 9.59 Å². The predicted octanol–water partition coefficient (Wildman–Crippen LogP) is -0.510. The molecule has 0 heterocycles. The molecule has 0 aromatic rings. The lowest BCUT2D eigenvalue weighted by Crippen LogP contribution is -2.38. The number of rotatable bonds is 6. The second-order valence-electron chi connectivity index (χ2n) is 5.49. The Labute approximate surface area is 125 Å². The van der Waals surface area contributed by atoms with Crippen molar-refractivity contribution in [3.8, 4) is 0 Å². The summed E-state index contributed by atoms with van der Waals surface area (Å²) >= 11 is 0. The van der Waals surface area contributed by atoms with Crippen LogP contribution in [0.25, 0.3) is 0 Å². The van der Waals surface area contributed by atoms with Gasteiger partial charge in [-0.2, -0.15) is 0 Å². The van der Waals surface area contributed by atoms with E-state index in [2.05, 4.69) is 4.74 Å². The van der Waals surface area contributed by atoms with Gasteiger partial charge in [0.25, 0.3) is 0 Å². The molecule has 0 rings (SSSR count). The summed E-state index contributed by atoms with van der Waals surface area (Å²) < 4.78 is 4.23. The van der Waals surface area contributed by atoms with E-state index in [1.54, 1.807) is 27.7 Å². The Balaban J connectivity index is 0. The van der Waals surface area contributed by atoms with Gasteiger partial charge in [-0.3, -0.25) is 4.79 Å². The Kier molecular flexibility index (Phi) is 11.3. The minimum Gasteiger partial charge on any atom is -0.467 e. The van der Waals surface area contributed by atoms with Crippen LogP contribution in [-0.2, 0) is 14.3 Å². The quantitative estimate of drug-likeness (QED) is 0.487. The number of hydrogen-bond donors (Lipinski definition) is 4. The zero-order valence-electron chi connectivity index (χ0n) is 13.5. The van der Waals surface area contributed by atoms with Crippen molar-refractivity contribution < 1.29 is 34.8 Å². The average Bonchev–Trinajstić information content (AvgIpc) is 2.43. The van der Waals surface area contributed by atoms with Gasteiger partial charge in [-0.05, 0) is 18.8 Å². The predicted molar refractivity (Wildman–Crippen MR) is 76.4 cm³/mol. The Hall–Kier alpha value is -1.02. The highest BCUT2D eigenvalue weighted by molar-refractivity contribution is 5.80. The standard InChI is InChI=1S/C7H14O4.C7H14O3/c1-4(2)5(8)6(9)7(10)11-3;1-4(2)6(9)7(10)5(3)8/h4-6,8-9H,1-3H3;4,6-7,9-10H,1-3H3/t5-,6+;6-,7-/m00/s1. The molecule has 0 radical (unpaired) electrons. The van der Waals surface area contributed by atoms with Crippen LogP contribution < -0.4 is 0 Å². The van der Waals surface area contributed by atoms with Crippen molar-refractivity contribution in [3.05, 3.63) is 0 Å². The third-order valence-electron chi connectivity index (χ3n) is 2.87. The molecule has 4 N–H and O–H groups in total. The molecule has 0 saturated carbocycles. The molecule has 0 spiro atoms. The number of aliphatic hydroxyl groups is 4. The van der Waals surface area contributed by atoms with Gasteiger partial charge in [0.15, 0.2) is 11.9 Å². The van der Waals surface area contributed by atoms with Gasteiger partial charge in [0.05, 0.1) is 19.3 Å². The molecule has 0 unspecified atom stereocenters. The van der Waals surface area contributed by atoms with Gasteiger partial charge in [0, 0.05) is 0 Å². The number of hydrogen-bond acceptors (Lipinski definition) is 7. The van der Waals surface area contributed by atoms with Crippen molar-refractivity contribution >= 4 is 11.8 Å². The van der Waals surface area contributed by atoms with Gasteiger partial charge < -0.3 is 25.2 Å². The van der Waals surface area contributed by atoms with E-state index < -0.39 is 30.4 Å². The van der Waals surface area contributed by atoms with Crippen molar-refractivity contribution in [2.45, 2.75) is 59.0 Å². The minimum atomic E-state index is -1.43. The molecule has 0 bridgehead atoms. The van der Waals surface area contributed by atoms with Crippen LogP contribution in [0.5, 0.6) is 0 Å². The monoisotopic (exact) mass is 308 g/mol. The number of aliphatic hydroxyl groups excluding tert-OH is 4. The minimum absolute atomic E-state index is 0.0844. The first-order valence-electron chi connectivity index (χ1n) is 6.77. The van der Waals surface area contributed by atoms with Crippen molar-refractivity contribution in [1.82, 2.24) is 0 Å². The van der Waals surface area contributed by atoms with Gasteiger partial charge in [0.2, 0.25) is 0 Å². The third-order valence-corrected chi connectivity index (χ3v) is 2.87. The number of carbonyl (C=O) groups excluding carboxylic acids is 2. The molecule has 0 aromatic carbocycles.